The minimum atomic E-state index is 0.607. The third-order valence-electron chi connectivity index (χ3n) is 6.24. The highest BCUT2D eigenvalue weighted by atomic mass is 32.2. The van der Waals surface area contributed by atoms with Crippen molar-refractivity contribution in [3.63, 3.8) is 0 Å². The maximum Gasteiger partial charge on any atom is 0.00445 e. The van der Waals surface area contributed by atoms with Crippen LogP contribution in [0.3, 0.4) is 0 Å². The molecule has 0 nitrogen and oxygen atoms in total. The number of hydrogen-bond acceptors (Lipinski definition) is 1. The minimum Gasteiger partial charge on any atom is -0.162 e. The van der Waals surface area contributed by atoms with E-state index in [2.05, 4.69) is 94.6 Å². The summed E-state index contributed by atoms with van der Waals surface area (Å²) in [5, 5.41) is 0.769. The van der Waals surface area contributed by atoms with E-state index >= 15 is 0 Å². The summed E-state index contributed by atoms with van der Waals surface area (Å²) in [6, 6.07) is 22.1. The summed E-state index contributed by atoms with van der Waals surface area (Å²) < 4.78 is 0. The summed E-state index contributed by atoms with van der Waals surface area (Å²) in [6.07, 6.45) is 6.15. The lowest BCUT2D eigenvalue weighted by molar-refractivity contribution is 0.301. The number of rotatable bonds is 10. The van der Waals surface area contributed by atoms with Gasteiger partial charge in [0.2, 0.25) is 0 Å². The summed E-state index contributed by atoms with van der Waals surface area (Å²) in [7, 11) is 0. The lowest BCUT2D eigenvalue weighted by Crippen LogP contribution is -2.21. The molecule has 2 aromatic carbocycles. The van der Waals surface area contributed by atoms with Gasteiger partial charge in [-0.3, -0.25) is 0 Å². The first-order valence-corrected chi connectivity index (χ1v) is 11.5. The van der Waals surface area contributed by atoms with Crippen LogP contribution < -0.4 is 0 Å². The molecule has 2 aromatic rings. The minimum absolute atomic E-state index is 0.607. The molecule has 0 saturated carbocycles. The Morgan fingerprint density at radius 1 is 0.731 bits per heavy atom. The zero-order valence-electron chi connectivity index (χ0n) is 17.2. The summed E-state index contributed by atoms with van der Waals surface area (Å²) in [6.45, 7) is 9.62. The van der Waals surface area contributed by atoms with Gasteiger partial charge in [0.05, 0.1) is 0 Å². The topological polar surface area (TPSA) is 0 Å². The van der Waals surface area contributed by atoms with Crippen molar-refractivity contribution in [3.05, 3.63) is 71.8 Å². The van der Waals surface area contributed by atoms with E-state index in [1.165, 1.54) is 30.4 Å². The Morgan fingerprint density at radius 3 is 1.69 bits per heavy atom. The molecule has 0 heterocycles. The number of hydrogen-bond donors (Lipinski definition) is 0. The van der Waals surface area contributed by atoms with Gasteiger partial charge in [-0.05, 0) is 60.3 Å². The maximum absolute atomic E-state index is 2.45. The van der Waals surface area contributed by atoms with E-state index in [9.17, 15) is 0 Å². The van der Waals surface area contributed by atoms with Gasteiger partial charge in [-0.2, -0.15) is 11.8 Å². The van der Waals surface area contributed by atoms with Gasteiger partial charge in [-0.25, -0.2) is 0 Å². The van der Waals surface area contributed by atoms with Gasteiger partial charge in [-0.15, -0.1) is 0 Å². The fraction of sp³-hybridized carbons (Fsp3) is 0.520. The van der Waals surface area contributed by atoms with Crippen molar-refractivity contribution in [3.8, 4) is 0 Å². The van der Waals surface area contributed by atoms with E-state index in [4.69, 9.17) is 0 Å². The Labute approximate surface area is 165 Å². The molecule has 0 spiro atoms. The normalized spacial score (nSPS) is 17.3. The second kappa shape index (κ2) is 10.8. The number of benzene rings is 2. The molecular weight excluding hydrogens is 332 g/mol. The van der Waals surface area contributed by atoms with Gasteiger partial charge in [0.1, 0.15) is 0 Å². The van der Waals surface area contributed by atoms with E-state index in [0.717, 1.165) is 11.2 Å². The van der Waals surface area contributed by atoms with Crippen LogP contribution in [0.2, 0.25) is 0 Å². The summed E-state index contributed by atoms with van der Waals surface area (Å²) in [5.74, 6) is 2.64. The molecule has 0 aromatic heterocycles. The van der Waals surface area contributed by atoms with Gasteiger partial charge in [0.15, 0.2) is 0 Å². The van der Waals surface area contributed by atoms with Crippen LogP contribution in [0.4, 0.5) is 0 Å². The molecule has 26 heavy (non-hydrogen) atoms. The third kappa shape index (κ3) is 5.91. The van der Waals surface area contributed by atoms with Crippen molar-refractivity contribution in [1.29, 1.82) is 0 Å². The third-order valence-corrected chi connectivity index (χ3v) is 7.43. The average molecular weight is 369 g/mol. The van der Waals surface area contributed by atoms with Crippen LogP contribution in [0.25, 0.3) is 0 Å². The standard InChI is InChI=1S/C25H36S/c1-6-25(26-5)18-24(21(4)23-15-11-8-12-16-23)17-19(2)20(3)22-13-9-7-10-14-22/h7-16,19-21,24-25H,6,17-18H2,1-5H3. The largest absolute Gasteiger partial charge is 0.162 e. The van der Waals surface area contributed by atoms with Crippen LogP contribution in [0, 0.1) is 11.8 Å². The van der Waals surface area contributed by atoms with Crippen LogP contribution >= 0.6 is 11.8 Å². The van der Waals surface area contributed by atoms with Crippen molar-refractivity contribution in [2.45, 2.75) is 64.0 Å². The van der Waals surface area contributed by atoms with Crippen molar-refractivity contribution < 1.29 is 0 Å². The molecule has 0 amide bonds. The second-order valence-corrected chi connectivity index (χ2v) is 9.01. The van der Waals surface area contributed by atoms with Crippen LogP contribution in [-0.4, -0.2) is 11.5 Å². The monoisotopic (exact) mass is 368 g/mol. The van der Waals surface area contributed by atoms with Crippen LogP contribution in [0.15, 0.2) is 60.7 Å². The predicted molar refractivity (Wildman–Crippen MR) is 119 cm³/mol. The van der Waals surface area contributed by atoms with E-state index in [0.29, 0.717) is 17.8 Å². The molecule has 0 aliphatic carbocycles. The van der Waals surface area contributed by atoms with Crippen molar-refractivity contribution in [2.75, 3.05) is 6.26 Å². The Balaban J connectivity index is 2.14. The van der Waals surface area contributed by atoms with Gasteiger partial charge in [0.25, 0.3) is 0 Å². The molecule has 2 rings (SSSR count). The zero-order valence-corrected chi connectivity index (χ0v) is 18.0. The predicted octanol–water partition coefficient (Wildman–Crippen LogP) is 7.77. The molecule has 0 bridgehead atoms. The Bertz CT molecular complexity index is 603. The fourth-order valence-corrected chi connectivity index (χ4v) is 4.84. The van der Waals surface area contributed by atoms with E-state index in [1.807, 2.05) is 11.8 Å². The average Bonchev–Trinajstić information content (AvgIpc) is 2.71. The highest BCUT2D eigenvalue weighted by molar-refractivity contribution is 7.99. The fourth-order valence-electron chi connectivity index (χ4n) is 4.07. The lowest BCUT2D eigenvalue weighted by atomic mass is 9.75. The van der Waals surface area contributed by atoms with Gasteiger partial charge >= 0.3 is 0 Å². The molecule has 0 fully saturated rings. The van der Waals surface area contributed by atoms with Crippen LogP contribution in [-0.2, 0) is 0 Å². The van der Waals surface area contributed by atoms with E-state index in [-0.39, 0.29) is 0 Å². The molecule has 0 N–H and O–H groups in total. The van der Waals surface area contributed by atoms with Gasteiger partial charge in [-0.1, -0.05) is 88.4 Å². The molecule has 142 valence electrons. The smallest absolute Gasteiger partial charge is 0.00445 e. The van der Waals surface area contributed by atoms with Crippen molar-refractivity contribution >= 4 is 11.8 Å². The quantitative estimate of drug-likeness (QED) is 0.413. The van der Waals surface area contributed by atoms with Crippen LogP contribution in [0.1, 0.15) is 69.9 Å². The molecule has 5 unspecified atom stereocenters. The lowest BCUT2D eigenvalue weighted by Gasteiger charge is -2.32. The summed E-state index contributed by atoms with van der Waals surface area (Å²) in [5.41, 5.74) is 2.97. The van der Waals surface area contributed by atoms with E-state index in [1.54, 1.807) is 0 Å². The second-order valence-electron chi connectivity index (χ2n) is 7.87. The van der Waals surface area contributed by atoms with Gasteiger partial charge in [0, 0.05) is 5.25 Å². The first-order chi connectivity index (χ1) is 12.6. The maximum atomic E-state index is 2.45. The molecule has 0 aliphatic rings. The molecule has 1 heteroatoms. The van der Waals surface area contributed by atoms with Crippen LogP contribution in [0.5, 0.6) is 0 Å². The van der Waals surface area contributed by atoms with E-state index < -0.39 is 0 Å². The molecule has 0 saturated heterocycles. The molecule has 5 atom stereocenters. The first-order valence-electron chi connectivity index (χ1n) is 10.2. The highest BCUT2D eigenvalue weighted by Crippen LogP contribution is 2.39. The summed E-state index contributed by atoms with van der Waals surface area (Å²) in [4.78, 5) is 0. The molecule has 0 aliphatic heterocycles. The van der Waals surface area contributed by atoms with Crippen molar-refractivity contribution in [2.24, 2.45) is 11.8 Å². The summed E-state index contributed by atoms with van der Waals surface area (Å²) >= 11 is 2.04. The number of thioether (sulfide) groups is 1. The zero-order chi connectivity index (χ0) is 18.9. The van der Waals surface area contributed by atoms with Gasteiger partial charge < -0.3 is 0 Å². The Morgan fingerprint density at radius 2 is 1.23 bits per heavy atom. The first kappa shape index (κ1) is 21.1. The Hall–Kier alpha value is -1.21. The SMILES string of the molecule is CCC(CC(CC(C)C(C)c1ccccc1)C(C)c1ccccc1)SC. The molecule has 0 radical (unpaired) electrons. The highest BCUT2D eigenvalue weighted by Gasteiger charge is 2.26. The molecular formula is C25H36S. The van der Waals surface area contributed by atoms with Crippen molar-refractivity contribution in [1.82, 2.24) is 0 Å². The Kier molecular flexibility index (Phi) is 8.78.